The summed E-state index contributed by atoms with van der Waals surface area (Å²) in [4.78, 5) is 1.22. The second-order valence-electron chi connectivity index (χ2n) is 3.85. The van der Waals surface area contributed by atoms with Gasteiger partial charge in [0.05, 0.1) is 12.3 Å². The van der Waals surface area contributed by atoms with Gasteiger partial charge in [-0.3, -0.25) is 0 Å². The Labute approximate surface area is 116 Å². The predicted molar refractivity (Wildman–Crippen MR) is 76.1 cm³/mol. The highest BCUT2D eigenvalue weighted by atomic mass is 35.5. The molecule has 0 saturated carbocycles. The molecule has 1 N–H and O–H groups in total. The molecule has 0 aliphatic carbocycles. The van der Waals surface area contributed by atoms with E-state index < -0.39 is 0 Å². The van der Waals surface area contributed by atoms with Gasteiger partial charge in [0.1, 0.15) is 0 Å². The second kappa shape index (κ2) is 6.85. The van der Waals surface area contributed by atoms with Crippen molar-refractivity contribution in [3.63, 3.8) is 0 Å². The SMILES string of the molecule is COCCNCc1cc(-c2ccc(Cl)cc2)ns1. The summed E-state index contributed by atoms with van der Waals surface area (Å²) in [6.07, 6.45) is 0. The molecule has 96 valence electrons. The fourth-order valence-corrected chi connectivity index (χ4v) is 2.37. The lowest BCUT2D eigenvalue weighted by Crippen LogP contribution is -2.17. The van der Waals surface area contributed by atoms with E-state index in [2.05, 4.69) is 15.8 Å². The number of hydrogen-bond donors (Lipinski definition) is 1. The van der Waals surface area contributed by atoms with Crippen LogP contribution in [0.1, 0.15) is 4.88 Å². The smallest absolute Gasteiger partial charge is 0.0844 e. The fraction of sp³-hybridized carbons (Fsp3) is 0.308. The first-order valence-electron chi connectivity index (χ1n) is 5.71. The zero-order valence-electron chi connectivity index (χ0n) is 10.1. The van der Waals surface area contributed by atoms with Crippen LogP contribution in [-0.2, 0) is 11.3 Å². The molecule has 2 rings (SSSR count). The van der Waals surface area contributed by atoms with E-state index in [-0.39, 0.29) is 0 Å². The van der Waals surface area contributed by atoms with Crippen molar-refractivity contribution in [2.24, 2.45) is 0 Å². The predicted octanol–water partition coefficient (Wildman–Crippen LogP) is 3.20. The first-order valence-corrected chi connectivity index (χ1v) is 6.86. The van der Waals surface area contributed by atoms with Gasteiger partial charge >= 0.3 is 0 Å². The molecular weight excluding hydrogens is 268 g/mol. The quantitative estimate of drug-likeness (QED) is 0.826. The Morgan fingerprint density at radius 1 is 1.33 bits per heavy atom. The van der Waals surface area contributed by atoms with E-state index in [1.807, 2.05) is 24.3 Å². The molecule has 3 nitrogen and oxygen atoms in total. The van der Waals surface area contributed by atoms with Crippen LogP contribution in [0.5, 0.6) is 0 Å². The molecule has 0 amide bonds. The molecule has 0 fully saturated rings. The molecule has 0 spiro atoms. The van der Waals surface area contributed by atoms with Crippen molar-refractivity contribution in [3.8, 4) is 11.3 Å². The first kappa shape index (κ1) is 13.5. The van der Waals surface area contributed by atoms with E-state index in [0.717, 1.165) is 36.0 Å². The minimum Gasteiger partial charge on any atom is -0.383 e. The maximum Gasteiger partial charge on any atom is 0.0844 e. The van der Waals surface area contributed by atoms with Crippen molar-refractivity contribution < 1.29 is 4.74 Å². The summed E-state index contributed by atoms with van der Waals surface area (Å²) < 4.78 is 9.42. The molecule has 0 aliphatic heterocycles. The lowest BCUT2D eigenvalue weighted by Gasteiger charge is -2.00. The standard InChI is InChI=1S/C13H15ClN2OS/c1-17-7-6-15-9-12-8-13(16-18-12)10-2-4-11(14)5-3-10/h2-5,8,15H,6-7,9H2,1H3. The maximum atomic E-state index is 5.86. The third-order valence-electron chi connectivity index (χ3n) is 2.48. The van der Waals surface area contributed by atoms with Crippen LogP contribution in [0.25, 0.3) is 11.3 Å². The minimum atomic E-state index is 0.725. The van der Waals surface area contributed by atoms with Crippen LogP contribution >= 0.6 is 23.1 Å². The van der Waals surface area contributed by atoms with Crippen LogP contribution in [0.4, 0.5) is 0 Å². The first-order chi connectivity index (χ1) is 8.79. The maximum absolute atomic E-state index is 5.86. The molecule has 0 radical (unpaired) electrons. The molecule has 1 heterocycles. The number of hydrogen-bond acceptors (Lipinski definition) is 4. The Kier molecular flexibility index (Phi) is 5.13. The van der Waals surface area contributed by atoms with E-state index >= 15 is 0 Å². The summed E-state index contributed by atoms with van der Waals surface area (Å²) in [6, 6.07) is 9.84. The van der Waals surface area contributed by atoms with Crippen molar-refractivity contribution in [2.45, 2.75) is 6.54 Å². The number of rotatable bonds is 6. The second-order valence-corrected chi connectivity index (χ2v) is 5.18. The van der Waals surface area contributed by atoms with Gasteiger partial charge in [-0.05, 0) is 29.7 Å². The molecule has 2 aromatic rings. The van der Waals surface area contributed by atoms with Crippen molar-refractivity contribution in [3.05, 3.63) is 40.2 Å². The van der Waals surface area contributed by atoms with E-state index in [9.17, 15) is 0 Å². The highest BCUT2D eigenvalue weighted by Crippen LogP contribution is 2.23. The third kappa shape index (κ3) is 3.78. The lowest BCUT2D eigenvalue weighted by molar-refractivity contribution is 0.199. The summed E-state index contributed by atoms with van der Waals surface area (Å²) in [5.74, 6) is 0. The molecule has 0 saturated heterocycles. The van der Waals surface area contributed by atoms with E-state index in [0.29, 0.717) is 0 Å². The minimum absolute atomic E-state index is 0.725. The van der Waals surface area contributed by atoms with Crippen LogP contribution in [-0.4, -0.2) is 24.6 Å². The Hall–Kier alpha value is -0.940. The number of ether oxygens (including phenoxy) is 1. The number of halogens is 1. The molecule has 1 aromatic carbocycles. The van der Waals surface area contributed by atoms with Crippen LogP contribution in [0.15, 0.2) is 30.3 Å². The number of nitrogens with zero attached hydrogens (tertiary/aromatic N) is 1. The van der Waals surface area contributed by atoms with Crippen molar-refractivity contribution in [1.29, 1.82) is 0 Å². The monoisotopic (exact) mass is 282 g/mol. The fourth-order valence-electron chi connectivity index (χ4n) is 1.54. The van der Waals surface area contributed by atoms with Gasteiger partial charge in [0.15, 0.2) is 0 Å². The topological polar surface area (TPSA) is 34.1 Å². The van der Waals surface area contributed by atoms with Gasteiger partial charge in [0, 0.05) is 35.7 Å². The van der Waals surface area contributed by atoms with Crippen LogP contribution in [0.3, 0.4) is 0 Å². The summed E-state index contributed by atoms with van der Waals surface area (Å²) in [7, 11) is 1.70. The van der Waals surface area contributed by atoms with E-state index in [1.54, 1.807) is 7.11 Å². The molecule has 5 heteroatoms. The number of methoxy groups -OCH3 is 1. The van der Waals surface area contributed by atoms with Gasteiger partial charge in [-0.1, -0.05) is 23.7 Å². The van der Waals surface area contributed by atoms with Gasteiger partial charge in [-0.15, -0.1) is 0 Å². The van der Waals surface area contributed by atoms with Crippen molar-refractivity contribution in [2.75, 3.05) is 20.3 Å². The highest BCUT2D eigenvalue weighted by Gasteiger charge is 2.04. The summed E-state index contributed by atoms with van der Waals surface area (Å²) in [5, 5.41) is 4.05. The molecule has 18 heavy (non-hydrogen) atoms. The zero-order chi connectivity index (χ0) is 12.8. The molecule has 1 aromatic heterocycles. The average molecular weight is 283 g/mol. The molecule has 0 atom stereocenters. The largest absolute Gasteiger partial charge is 0.383 e. The van der Waals surface area contributed by atoms with Gasteiger partial charge in [-0.25, -0.2) is 0 Å². The third-order valence-corrected chi connectivity index (χ3v) is 3.52. The van der Waals surface area contributed by atoms with Crippen LogP contribution in [0, 0.1) is 0 Å². The highest BCUT2D eigenvalue weighted by molar-refractivity contribution is 7.06. The lowest BCUT2D eigenvalue weighted by atomic mass is 10.1. The summed E-state index contributed by atoms with van der Waals surface area (Å²) in [6.45, 7) is 2.40. The van der Waals surface area contributed by atoms with Crippen LogP contribution in [0.2, 0.25) is 5.02 Å². The average Bonchev–Trinajstić information content (AvgIpc) is 2.84. The molecule has 0 bridgehead atoms. The van der Waals surface area contributed by atoms with E-state index in [4.69, 9.17) is 16.3 Å². The van der Waals surface area contributed by atoms with Gasteiger partial charge in [0.25, 0.3) is 0 Å². The Balaban J connectivity index is 1.95. The Morgan fingerprint density at radius 2 is 2.11 bits per heavy atom. The normalized spacial score (nSPS) is 10.8. The number of benzene rings is 1. The summed E-state index contributed by atoms with van der Waals surface area (Å²) >= 11 is 7.38. The van der Waals surface area contributed by atoms with Gasteiger partial charge in [-0.2, -0.15) is 4.37 Å². The molecule has 0 aliphatic rings. The summed E-state index contributed by atoms with van der Waals surface area (Å²) in [5.41, 5.74) is 2.10. The molecular formula is C13H15ClN2OS. The molecule has 0 unspecified atom stereocenters. The van der Waals surface area contributed by atoms with Crippen molar-refractivity contribution >= 4 is 23.1 Å². The number of nitrogens with one attached hydrogen (secondary N) is 1. The van der Waals surface area contributed by atoms with E-state index in [1.165, 1.54) is 16.4 Å². The number of aromatic nitrogens is 1. The zero-order valence-corrected chi connectivity index (χ0v) is 11.7. The van der Waals surface area contributed by atoms with Gasteiger partial charge < -0.3 is 10.1 Å². The van der Waals surface area contributed by atoms with Gasteiger partial charge in [0.2, 0.25) is 0 Å². The Bertz CT molecular complexity index is 484. The van der Waals surface area contributed by atoms with Crippen LogP contribution < -0.4 is 5.32 Å². The Morgan fingerprint density at radius 3 is 2.83 bits per heavy atom. The van der Waals surface area contributed by atoms with Crippen molar-refractivity contribution in [1.82, 2.24) is 9.69 Å².